The van der Waals surface area contributed by atoms with Gasteiger partial charge >= 0.3 is 12.2 Å². The minimum absolute atomic E-state index is 0.0724. The average molecular weight is 381 g/mol. The van der Waals surface area contributed by atoms with E-state index in [1.165, 1.54) is 4.90 Å². The number of nitrogens with zero attached hydrogens (tertiary/aromatic N) is 4. The van der Waals surface area contributed by atoms with Gasteiger partial charge in [0.2, 0.25) is 0 Å². The maximum absolute atomic E-state index is 12.4. The summed E-state index contributed by atoms with van der Waals surface area (Å²) in [5.74, 6) is -0.582. The van der Waals surface area contributed by atoms with Gasteiger partial charge in [0.1, 0.15) is 11.6 Å². The Hall–Kier alpha value is -3.11. The number of carbonyl (C=O) groups is 1. The van der Waals surface area contributed by atoms with Crippen molar-refractivity contribution in [3.63, 3.8) is 0 Å². The zero-order valence-corrected chi connectivity index (χ0v) is 14.7. The average Bonchev–Trinajstić information content (AvgIpc) is 3.24. The fourth-order valence-corrected chi connectivity index (χ4v) is 2.52. The van der Waals surface area contributed by atoms with Crippen molar-refractivity contribution >= 4 is 17.1 Å². The van der Waals surface area contributed by atoms with Gasteiger partial charge in [-0.1, -0.05) is 12.1 Å². The summed E-state index contributed by atoms with van der Waals surface area (Å²) in [4.78, 5) is 24.5. The molecule has 0 aliphatic heterocycles. The first-order chi connectivity index (χ1) is 12.7. The van der Waals surface area contributed by atoms with E-state index in [-0.39, 0.29) is 12.4 Å². The van der Waals surface area contributed by atoms with Gasteiger partial charge in [-0.15, -0.1) is 5.10 Å². The summed E-state index contributed by atoms with van der Waals surface area (Å²) < 4.78 is 37.3. The molecule has 0 radical (unpaired) electrons. The third kappa shape index (κ3) is 4.36. The summed E-state index contributed by atoms with van der Waals surface area (Å²) in [6.07, 6.45) is -4.11. The summed E-state index contributed by atoms with van der Waals surface area (Å²) >= 11 is 0. The molecule has 2 aromatic heterocycles. The van der Waals surface area contributed by atoms with Crippen molar-refractivity contribution < 1.29 is 18.0 Å². The molecule has 0 aliphatic carbocycles. The van der Waals surface area contributed by atoms with Crippen LogP contribution in [0, 0.1) is 6.92 Å². The Bertz CT molecular complexity index is 947. The van der Waals surface area contributed by atoms with Crippen LogP contribution in [-0.4, -0.2) is 49.7 Å². The van der Waals surface area contributed by atoms with E-state index < -0.39 is 18.0 Å². The second-order valence-corrected chi connectivity index (χ2v) is 6.09. The van der Waals surface area contributed by atoms with Crippen molar-refractivity contribution in [2.24, 2.45) is 0 Å². The number of aromatic nitrogens is 5. The van der Waals surface area contributed by atoms with Crippen molar-refractivity contribution in [2.75, 3.05) is 13.6 Å². The number of alkyl halides is 3. The summed E-state index contributed by atoms with van der Waals surface area (Å²) in [6, 6.07) is 5.40. The van der Waals surface area contributed by atoms with Gasteiger partial charge in [-0.25, -0.2) is 14.8 Å². The molecule has 0 fully saturated rings. The Kier molecular flexibility index (Phi) is 5.02. The lowest BCUT2D eigenvalue weighted by atomic mass is 10.2. The number of amides is 2. The minimum Gasteiger partial charge on any atom is -0.342 e. The highest BCUT2D eigenvalue weighted by molar-refractivity contribution is 5.78. The number of carbonyl (C=O) groups excluding carboxylic acids is 1. The number of imidazole rings is 1. The van der Waals surface area contributed by atoms with Crippen LogP contribution in [0.2, 0.25) is 0 Å². The first-order valence-electron chi connectivity index (χ1n) is 8.15. The Morgan fingerprint density at radius 3 is 2.70 bits per heavy atom. The van der Waals surface area contributed by atoms with Crippen LogP contribution in [0.1, 0.15) is 23.0 Å². The van der Waals surface area contributed by atoms with E-state index in [9.17, 15) is 18.0 Å². The molecule has 0 spiro atoms. The maximum atomic E-state index is 12.4. The fourth-order valence-electron chi connectivity index (χ4n) is 2.52. The van der Waals surface area contributed by atoms with Crippen molar-refractivity contribution in [1.29, 1.82) is 0 Å². The van der Waals surface area contributed by atoms with Gasteiger partial charge in [0.05, 0.1) is 17.6 Å². The zero-order valence-electron chi connectivity index (χ0n) is 14.7. The lowest BCUT2D eigenvalue weighted by Crippen LogP contribution is -2.38. The molecule has 1 aromatic carbocycles. The van der Waals surface area contributed by atoms with E-state index >= 15 is 0 Å². The number of nitrogens with one attached hydrogen (secondary N) is 3. The Morgan fingerprint density at radius 1 is 1.26 bits per heavy atom. The van der Waals surface area contributed by atoms with Gasteiger partial charge in [0.15, 0.2) is 0 Å². The molecular weight excluding hydrogens is 363 g/mol. The number of hydrogen-bond acceptors (Lipinski definition) is 4. The fraction of sp³-hybridized carbons (Fsp3) is 0.375. The standard InChI is InChI=1S/C16H18F3N7O/c1-9-4-3-5-10-13(9)22-11(21-10)6-7-26(2)15(27)20-8-12-23-14(25-24-12)16(17,18)19/h3-5H,6-8H2,1-2H3,(H,20,27)(H,21,22)(H,23,24,25). The Labute approximate surface area is 152 Å². The SMILES string of the molecule is Cc1cccc2[nH]c(CCN(C)C(=O)NCc3nc(C(F)(F)F)n[nH]3)nc12. The van der Waals surface area contributed by atoms with Crippen LogP contribution in [0.5, 0.6) is 0 Å². The normalized spacial score (nSPS) is 11.7. The van der Waals surface area contributed by atoms with Crippen LogP contribution in [0.25, 0.3) is 11.0 Å². The molecule has 0 bridgehead atoms. The van der Waals surface area contributed by atoms with Crippen molar-refractivity contribution in [1.82, 2.24) is 35.4 Å². The molecule has 11 heteroatoms. The lowest BCUT2D eigenvalue weighted by molar-refractivity contribution is -0.144. The lowest BCUT2D eigenvalue weighted by Gasteiger charge is -2.16. The van der Waals surface area contributed by atoms with Crippen molar-refractivity contribution in [2.45, 2.75) is 26.1 Å². The van der Waals surface area contributed by atoms with Crippen LogP contribution in [-0.2, 0) is 19.1 Å². The summed E-state index contributed by atoms with van der Waals surface area (Å²) in [6.45, 7) is 2.17. The summed E-state index contributed by atoms with van der Waals surface area (Å²) in [5.41, 5.74) is 2.89. The number of likely N-dealkylation sites (N-methyl/N-ethyl adjacent to an activating group) is 1. The number of H-pyrrole nitrogens is 2. The number of aromatic amines is 2. The van der Waals surface area contributed by atoms with E-state index in [1.807, 2.05) is 25.1 Å². The van der Waals surface area contributed by atoms with E-state index in [0.29, 0.717) is 13.0 Å². The molecule has 2 heterocycles. The van der Waals surface area contributed by atoms with Gasteiger partial charge < -0.3 is 15.2 Å². The van der Waals surface area contributed by atoms with Crippen LogP contribution >= 0.6 is 0 Å². The van der Waals surface area contributed by atoms with E-state index in [4.69, 9.17) is 0 Å². The second kappa shape index (κ2) is 7.25. The Morgan fingerprint density at radius 2 is 2.04 bits per heavy atom. The van der Waals surface area contributed by atoms with Crippen molar-refractivity contribution in [3.05, 3.63) is 41.2 Å². The van der Waals surface area contributed by atoms with Gasteiger partial charge in [-0.05, 0) is 18.6 Å². The number of para-hydroxylation sites is 1. The first kappa shape index (κ1) is 18.7. The summed E-state index contributed by atoms with van der Waals surface area (Å²) in [5, 5.41) is 7.72. The number of urea groups is 1. The van der Waals surface area contributed by atoms with Crippen LogP contribution in [0.15, 0.2) is 18.2 Å². The number of aryl methyl sites for hydroxylation is 1. The highest BCUT2D eigenvalue weighted by Crippen LogP contribution is 2.25. The van der Waals surface area contributed by atoms with Crippen LogP contribution in [0.4, 0.5) is 18.0 Å². The minimum atomic E-state index is -4.62. The van der Waals surface area contributed by atoms with Gasteiger partial charge in [0.25, 0.3) is 5.82 Å². The van der Waals surface area contributed by atoms with Gasteiger partial charge in [-0.2, -0.15) is 13.2 Å². The predicted molar refractivity (Wildman–Crippen MR) is 90.8 cm³/mol. The number of benzene rings is 1. The highest BCUT2D eigenvalue weighted by Gasteiger charge is 2.36. The third-order valence-electron chi connectivity index (χ3n) is 3.99. The Balaban J connectivity index is 1.51. The second-order valence-electron chi connectivity index (χ2n) is 6.09. The smallest absolute Gasteiger partial charge is 0.342 e. The monoisotopic (exact) mass is 381 g/mol. The van der Waals surface area contributed by atoms with Gasteiger partial charge in [0, 0.05) is 20.0 Å². The van der Waals surface area contributed by atoms with E-state index in [0.717, 1.165) is 22.4 Å². The predicted octanol–water partition coefficient (Wildman–Crippen LogP) is 2.39. The van der Waals surface area contributed by atoms with Crippen molar-refractivity contribution in [3.8, 4) is 0 Å². The van der Waals surface area contributed by atoms with Crippen LogP contribution in [0.3, 0.4) is 0 Å². The quantitative estimate of drug-likeness (QED) is 0.631. The highest BCUT2D eigenvalue weighted by atomic mass is 19.4. The molecule has 8 nitrogen and oxygen atoms in total. The van der Waals surface area contributed by atoms with E-state index in [2.05, 4.69) is 30.5 Å². The molecule has 144 valence electrons. The number of hydrogen-bond donors (Lipinski definition) is 3. The molecule has 3 aromatic rings. The summed E-state index contributed by atoms with van der Waals surface area (Å²) in [7, 11) is 1.59. The topological polar surface area (TPSA) is 103 Å². The molecule has 3 rings (SSSR count). The number of fused-ring (bicyclic) bond motifs is 1. The molecule has 2 amide bonds. The molecular formula is C16H18F3N7O. The van der Waals surface area contributed by atoms with E-state index in [1.54, 1.807) is 7.05 Å². The molecule has 0 saturated heterocycles. The number of rotatable bonds is 5. The zero-order chi connectivity index (χ0) is 19.6. The molecule has 0 atom stereocenters. The largest absolute Gasteiger partial charge is 0.453 e. The van der Waals surface area contributed by atoms with Crippen LogP contribution < -0.4 is 5.32 Å². The first-order valence-corrected chi connectivity index (χ1v) is 8.15. The molecule has 3 N–H and O–H groups in total. The maximum Gasteiger partial charge on any atom is 0.453 e. The third-order valence-corrected chi connectivity index (χ3v) is 3.99. The van der Waals surface area contributed by atoms with Gasteiger partial charge in [-0.3, -0.25) is 5.10 Å². The molecule has 27 heavy (non-hydrogen) atoms. The molecule has 0 aliphatic rings. The molecule has 0 saturated carbocycles. The molecule has 0 unspecified atom stereocenters. The number of halogens is 3.